The summed E-state index contributed by atoms with van der Waals surface area (Å²) in [4.78, 5) is 12.6. The zero-order valence-electron chi connectivity index (χ0n) is 15.2. The van der Waals surface area contributed by atoms with Crippen molar-refractivity contribution in [2.75, 3.05) is 5.32 Å². The molecule has 1 aliphatic rings. The van der Waals surface area contributed by atoms with Crippen LogP contribution in [0, 0.1) is 22.7 Å². The zero-order chi connectivity index (χ0) is 19.5. The van der Waals surface area contributed by atoms with E-state index in [9.17, 15) is 4.79 Å². The van der Waals surface area contributed by atoms with E-state index in [1.54, 1.807) is 18.2 Å². The van der Waals surface area contributed by atoms with Gasteiger partial charge in [0.2, 0.25) is 0 Å². The fourth-order valence-corrected chi connectivity index (χ4v) is 3.55. The Morgan fingerprint density at radius 1 is 1.00 bits per heavy atom. The number of aryl methyl sites for hydroxylation is 2. The van der Waals surface area contributed by atoms with Crippen LogP contribution >= 0.6 is 0 Å². The number of hydrogen-bond acceptors (Lipinski definition) is 5. The van der Waals surface area contributed by atoms with Gasteiger partial charge in [-0.1, -0.05) is 18.2 Å². The molecule has 28 heavy (non-hydrogen) atoms. The van der Waals surface area contributed by atoms with Gasteiger partial charge in [-0.15, -0.1) is 0 Å². The molecule has 0 saturated carbocycles. The van der Waals surface area contributed by atoms with E-state index < -0.39 is 0 Å². The molecule has 1 aromatic heterocycles. The fraction of sp³-hybridized carbons (Fsp3) is 0.174. The highest BCUT2D eigenvalue weighted by atomic mass is 16.4. The van der Waals surface area contributed by atoms with Crippen molar-refractivity contribution in [1.82, 2.24) is 0 Å². The molecule has 0 amide bonds. The molecule has 1 aliphatic carbocycles. The van der Waals surface area contributed by atoms with Gasteiger partial charge in [-0.05, 0) is 60.6 Å². The van der Waals surface area contributed by atoms with Crippen molar-refractivity contribution in [3.8, 4) is 23.3 Å². The number of rotatable bonds is 3. The minimum atomic E-state index is -0.384. The smallest absolute Gasteiger partial charge is 0.344 e. The average Bonchev–Trinajstić information content (AvgIpc) is 2.73. The number of allylic oxidation sites excluding steroid dienone is 1. The van der Waals surface area contributed by atoms with Crippen molar-refractivity contribution in [3.63, 3.8) is 0 Å². The van der Waals surface area contributed by atoms with Crippen LogP contribution in [-0.2, 0) is 12.8 Å². The van der Waals surface area contributed by atoms with Gasteiger partial charge < -0.3 is 9.73 Å². The number of nitrogens with zero attached hydrogens (tertiary/aromatic N) is 2. The molecular weight excluding hydrogens is 350 g/mol. The molecular formula is C23H17N3O2. The third kappa shape index (κ3) is 3.39. The molecule has 0 unspecified atom stereocenters. The molecule has 0 radical (unpaired) electrons. The number of benzene rings is 2. The van der Waals surface area contributed by atoms with Gasteiger partial charge in [-0.25, -0.2) is 4.79 Å². The normalized spacial score (nSPS) is 12.5. The van der Waals surface area contributed by atoms with Crippen molar-refractivity contribution in [2.45, 2.75) is 25.7 Å². The molecule has 1 N–H and O–H groups in total. The summed E-state index contributed by atoms with van der Waals surface area (Å²) in [5.41, 5.74) is 4.78. The molecule has 0 aliphatic heterocycles. The van der Waals surface area contributed by atoms with E-state index in [2.05, 4.69) is 17.4 Å². The van der Waals surface area contributed by atoms with Gasteiger partial charge in [-0.3, -0.25) is 0 Å². The van der Waals surface area contributed by atoms with Crippen molar-refractivity contribution in [2.24, 2.45) is 0 Å². The zero-order valence-corrected chi connectivity index (χ0v) is 15.2. The van der Waals surface area contributed by atoms with Crippen LogP contribution in [-0.4, -0.2) is 0 Å². The highest BCUT2D eigenvalue weighted by Gasteiger charge is 2.13. The first-order valence-corrected chi connectivity index (χ1v) is 9.15. The monoisotopic (exact) mass is 367 g/mol. The second kappa shape index (κ2) is 7.42. The SMILES string of the molecule is N#CC(C#N)=CNc1ccc2cc(-c3ccc4c(c3)CCCC4)c(=O)oc2c1. The first kappa shape index (κ1) is 17.6. The summed E-state index contributed by atoms with van der Waals surface area (Å²) in [5.74, 6) is 0. The Labute approximate surface area is 162 Å². The van der Waals surface area contributed by atoms with Crippen LogP contribution < -0.4 is 10.9 Å². The highest BCUT2D eigenvalue weighted by Crippen LogP contribution is 2.28. The molecule has 1 heterocycles. The van der Waals surface area contributed by atoms with Crippen LogP contribution in [0.1, 0.15) is 24.0 Å². The molecule has 136 valence electrons. The van der Waals surface area contributed by atoms with E-state index in [1.165, 1.54) is 30.2 Å². The summed E-state index contributed by atoms with van der Waals surface area (Å²) < 4.78 is 5.55. The van der Waals surface area contributed by atoms with Gasteiger partial charge >= 0.3 is 5.63 Å². The van der Waals surface area contributed by atoms with E-state index in [-0.39, 0.29) is 11.2 Å². The lowest BCUT2D eigenvalue weighted by Gasteiger charge is -2.16. The third-order valence-electron chi connectivity index (χ3n) is 5.02. The second-order valence-electron chi connectivity index (χ2n) is 6.82. The van der Waals surface area contributed by atoms with Crippen molar-refractivity contribution in [1.29, 1.82) is 10.5 Å². The molecule has 5 nitrogen and oxygen atoms in total. The van der Waals surface area contributed by atoms with Crippen LogP contribution in [0.4, 0.5) is 5.69 Å². The summed E-state index contributed by atoms with van der Waals surface area (Å²) in [6, 6.07) is 17.0. The number of nitriles is 2. The topological polar surface area (TPSA) is 89.8 Å². The predicted molar refractivity (Wildman–Crippen MR) is 107 cm³/mol. The Morgan fingerprint density at radius 2 is 1.79 bits per heavy atom. The van der Waals surface area contributed by atoms with Crippen molar-refractivity contribution in [3.05, 3.63) is 75.8 Å². The molecule has 3 aromatic rings. The van der Waals surface area contributed by atoms with Gasteiger partial charge in [0.1, 0.15) is 23.3 Å². The molecule has 0 saturated heterocycles. The molecule has 0 atom stereocenters. The number of nitrogens with one attached hydrogen (secondary N) is 1. The van der Waals surface area contributed by atoms with Gasteiger partial charge in [0.05, 0.1) is 5.56 Å². The van der Waals surface area contributed by atoms with Crippen LogP contribution in [0.15, 0.2) is 63.4 Å². The average molecular weight is 367 g/mol. The Balaban J connectivity index is 1.71. The lowest BCUT2D eigenvalue weighted by molar-refractivity contribution is 0.563. The third-order valence-corrected chi connectivity index (χ3v) is 5.02. The summed E-state index contributed by atoms with van der Waals surface area (Å²) >= 11 is 0. The van der Waals surface area contributed by atoms with E-state index in [1.807, 2.05) is 24.3 Å². The summed E-state index contributed by atoms with van der Waals surface area (Å²) in [5, 5.41) is 21.2. The maximum atomic E-state index is 12.6. The van der Waals surface area contributed by atoms with Crippen LogP contribution in [0.2, 0.25) is 0 Å². The fourth-order valence-electron chi connectivity index (χ4n) is 3.55. The number of hydrogen-bond donors (Lipinski definition) is 1. The lowest BCUT2D eigenvalue weighted by Crippen LogP contribution is -2.06. The van der Waals surface area contributed by atoms with Crippen molar-refractivity contribution < 1.29 is 4.42 Å². The van der Waals surface area contributed by atoms with Gasteiger partial charge in [0, 0.05) is 23.3 Å². The standard InChI is InChI=1S/C23H17N3O2/c24-12-15(13-25)14-26-20-8-7-19-10-21(23(27)28-22(19)11-20)18-6-5-16-3-1-2-4-17(16)9-18/h5-11,14,26H,1-4H2. The Kier molecular flexibility index (Phi) is 4.66. The van der Waals surface area contributed by atoms with Crippen molar-refractivity contribution >= 4 is 16.7 Å². The first-order chi connectivity index (χ1) is 13.7. The quantitative estimate of drug-likeness (QED) is 0.536. The molecule has 0 spiro atoms. The number of fused-ring (bicyclic) bond motifs is 2. The first-order valence-electron chi connectivity index (χ1n) is 9.15. The Bertz CT molecular complexity index is 1220. The van der Waals surface area contributed by atoms with Gasteiger partial charge in [0.25, 0.3) is 0 Å². The number of anilines is 1. The Morgan fingerprint density at radius 3 is 2.57 bits per heavy atom. The molecule has 0 fully saturated rings. The summed E-state index contributed by atoms with van der Waals surface area (Å²) in [6.45, 7) is 0. The second-order valence-corrected chi connectivity index (χ2v) is 6.82. The minimum absolute atomic E-state index is 0.0377. The van der Waals surface area contributed by atoms with E-state index in [4.69, 9.17) is 14.9 Å². The largest absolute Gasteiger partial charge is 0.422 e. The van der Waals surface area contributed by atoms with Crippen LogP contribution in [0.25, 0.3) is 22.1 Å². The minimum Gasteiger partial charge on any atom is -0.422 e. The predicted octanol–water partition coefficient (Wildman–Crippen LogP) is 4.68. The Hall–Kier alpha value is -3.83. The van der Waals surface area contributed by atoms with Gasteiger partial charge in [-0.2, -0.15) is 10.5 Å². The highest BCUT2D eigenvalue weighted by molar-refractivity contribution is 5.84. The molecule has 4 rings (SSSR count). The van der Waals surface area contributed by atoms with Gasteiger partial charge in [0.15, 0.2) is 0 Å². The molecule has 0 bridgehead atoms. The van der Waals surface area contributed by atoms with E-state index >= 15 is 0 Å². The lowest BCUT2D eigenvalue weighted by atomic mass is 9.89. The van der Waals surface area contributed by atoms with Crippen LogP contribution in [0.3, 0.4) is 0 Å². The molecule has 5 heteroatoms. The van der Waals surface area contributed by atoms with E-state index in [0.717, 1.165) is 23.8 Å². The summed E-state index contributed by atoms with van der Waals surface area (Å²) in [7, 11) is 0. The van der Waals surface area contributed by atoms with Crippen LogP contribution in [0.5, 0.6) is 0 Å². The maximum absolute atomic E-state index is 12.6. The van der Waals surface area contributed by atoms with E-state index in [0.29, 0.717) is 16.8 Å². The molecule has 2 aromatic carbocycles. The summed E-state index contributed by atoms with van der Waals surface area (Å²) in [6.07, 6.45) is 5.89. The maximum Gasteiger partial charge on any atom is 0.344 e.